The van der Waals surface area contributed by atoms with Crippen LogP contribution in [-0.2, 0) is 0 Å². The van der Waals surface area contributed by atoms with Gasteiger partial charge in [0.2, 0.25) is 0 Å². The van der Waals surface area contributed by atoms with E-state index in [-0.39, 0.29) is 5.75 Å². The fourth-order valence-electron chi connectivity index (χ4n) is 1.38. The van der Waals surface area contributed by atoms with E-state index in [4.69, 9.17) is 5.73 Å². The summed E-state index contributed by atoms with van der Waals surface area (Å²) in [5, 5.41) is 13.2. The van der Waals surface area contributed by atoms with Crippen LogP contribution >= 0.6 is 0 Å². The highest BCUT2D eigenvalue weighted by molar-refractivity contribution is 5.84. The Kier molecular flexibility index (Phi) is 4.51. The number of aromatic hydroxyl groups is 1. The summed E-state index contributed by atoms with van der Waals surface area (Å²) in [5.74, 6) is 0.527. The normalized spacial score (nSPS) is 12.6. The molecule has 1 aromatic rings. The number of nitrogens with two attached hydrogens (primary N) is 1. The van der Waals surface area contributed by atoms with Crippen molar-refractivity contribution in [2.45, 2.75) is 26.2 Å². The fourth-order valence-corrected chi connectivity index (χ4v) is 1.38. The minimum atomic E-state index is -0.737. The minimum Gasteiger partial charge on any atom is -0.507 e. The van der Waals surface area contributed by atoms with Crippen molar-refractivity contribution in [1.82, 2.24) is 5.43 Å². The van der Waals surface area contributed by atoms with Crippen molar-refractivity contribution in [3.05, 3.63) is 29.3 Å². The number of urea groups is 1. The second kappa shape index (κ2) is 5.89. The van der Waals surface area contributed by atoms with Crippen LogP contribution in [0.3, 0.4) is 0 Å². The lowest BCUT2D eigenvalue weighted by Crippen LogP contribution is -2.24. The number of rotatable bonds is 4. The molecule has 0 saturated carbocycles. The SMILES string of the molecule is CCC(C)c1ccc(O)c(C=NNC(N)=O)c1. The zero-order chi connectivity index (χ0) is 12.8. The molecule has 0 aliphatic carbocycles. The van der Waals surface area contributed by atoms with Crippen molar-refractivity contribution in [3.8, 4) is 5.75 Å². The third-order valence-electron chi connectivity index (χ3n) is 2.61. The van der Waals surface area contributed by atoms with Crippen molar-refractivity contribution in [2.75, 3.05) is 0 Å². The minimum absolute atomic E-state index is 0.118. The number of nitrogens with one attached hydrogen (secondary N) is 1. The zero-order valence-corrected chi connectivity index (χ0v) is 9.97. The smallest absolute Gasteiger partial charge is 0.332 e. The second-order valence-corrected chi connectivity index (χ2v) is 3.86. The van der Waals surface area contributed by atoms with Gasteiger partial charge in [0.15, 0.2) is 0 Å². The van der Waals surface area contributed by atoms with Gasteiger partial charge in [0.1, 0.15) is 5.75 Å². The molecular weight excluding hydrogens is 218 g/mol. The van der Waals surface area contributed by atoms with Crippen LogP contribution in [0.15, 0.2) is 23.3 Å². The molecule has 17 heavy (non-hydrogen) atoms. The average Bonchev–Trinajstić information content (AvgIpc) is 2.30. The van der Waals surface area contributed by atoms with Crippen molar-refractivity contribution >= 4 is 12.2 Å². The zero-order valence-electron chi connectivity index (χ0n) is 9.97. The number of benzene rings is 1. The van der Waals surface area contributed by atoms with Gasteiger partial charge in [-0.15, -0.1) is 0 Å². The molecule has 0 radical (unpaired) electrons. The van der Waals surface area contributed by atoms with Crippen LogP contribution in [0.1, 0.15) is 37.3 Å². The summed E-state index contributed by atoms with van der Waals surface area (Å²) in [5.41, 5.74) is 8.62. The molecule has 0 bridgehead atoms. The van der Waals surface area contributed by atoms with Gasteiger partial charge in [-0.05, 0) is 30.0 Å². The number of carbonyl (C=O) groups excluding carboxylic acids is 1. The van der Waals surface area contributed by atoms with Crippen molar-refractivity contribution in [3.63, 3.8) is 0 Å². The van der Waals surface area contributed by atoms with Crippen LogP contribution in [0, 0.1) is 0 Å². The van der Waals surface area contributed by atoms with Gasteiger partial charge < -0.3 is 10.8 Å². The van der Waals surface area contributed by atoms with E-state index in [2.05, 4.69) is 24.4 Å². The molecular formula is C12H17N3O2. The number of phenolic OH excluding ortho intramolecular Hbond substituents is 1. The van der Waals surface area contributed by atoms with E-state index in [1.807, 2.05) is 12.1 Å². The van der Waals surface area contributed by atoms with Gasteiger partial charge in [-0.3, -0.25) is 0 Å². The summed E-state index contributed by atoms with van der Waals surface area (Å²) in [6.45, 7) is 4.20. The van der Waals surface area contributed by atoms with E-state index >= 15 is 0 Å². The van der Waals surface area contributed by atoms with Crippen molar-refractivity contribution in [1.29, 1.82) is 0 Å². The van der Waals surface area contributed by atoms with Gasteiger partial charge in [0.25, 0.3) is 0 Å². The van der Waals surface area contributed by atoms with E-state index in [1.54, 1.807) is 6.07 Å². The summed E-state index contributed by atoms with van der Waals surface area (Å²) in [4.78, 5) is 10.4. The molecule has 0 aliphatic heterocycles. The Hall–Kier alpha value is -2.04. The highest BCUT2D eigenvalue weighted by Crippen LogP contribution is 2.23. The summed E-state index contributed by atoms with van der Waals surface area (Å²) < 4.78 is 0. The predicted molar refractivity (Wildman–Crippen MR) is 67.1 cm³/mol. The number of hydrogen-bond donors (Lipinski definition) is 3. The van der Waals surface area contributed by atoms with Gasteiger partial charge >= 0.3 is 6.03 Å². The van der Waals surface area contributed by atoms with Crippen LogP contribution < -0.4 is 11.2 Å². The molecule has 0 heterocycles. The van der Waals surface area contributed by atoms with E-state index in [0.717, 1.165) is 12.0 Å². The lowest BCUT2D eigenvalue weighted by atomic mass is 9.97. The number of hydrogen-bond acceptors (Lipinski definition) is 3. The fraction of sp³-hybridized carbons (Fsp3) is 0.333. The number of phenols is 1. The highest BCUT2D eigenvalue weighted by atomic mass is 16.3. The third kappa shape index (κ3) is 3.79. The number of amides is 2. The van der Waals surface area contributed by atoms with Crippen LogP contribution in [0.25, 0.3) is 0 Å². The average molecular weight is 235 g/mol. The molecule has 92 valence electrons. The maximum Gasteiger partial charge on any atom is 0.332 e. The maximum absolute atomic E-state index is 10.4. The number of nitrogens with zero attached hydrogens (tertiary/aromatic N) is 1. The van der Waals surface area contributed by atoms with E-state index in [9.17, 15) is 9.90 Å². The number of carbonyl (C=O) groups is 1. The van der Waals surface area contributed by atoms with E-state index in [0.29, 0.717) is 11.5 Å². The topological polar surface area (TPSA) is 87.7 Å². The molecule has 0 fully saturated rings. The summed E-state index contributed by atoms with van der Waals surface area (Å²) in [6.07, 6.45) is 2.38. The molecule has 0 saturated heterocycles. The van der Waals surface area contributed by atoms with Crippen molar-refractivity contribution < 1.29 is 9.90 Å². The Morgan fingerprint density at radius 2 is 2.35 bits per heavy atom. The van der Waals surface area contributed by atoms with Crippen LogP contribution in [0.4, 0.5) is 4.79 Å². The summed E-state index contributed by atoms with van der Waals surface area (Å²) >= 11 is 0. The first-order valence-electron chi connectivity index (χ1n) is 5.46. The van der Waals surface area contributed by atoms with Gasteiger partial charge in [-0.2, -0.15) is 5.10 Å². The first kappa shape index (κ1) is 13.0. The molecule has 1 atom stereocenters. The van der Waals surface area contributed by atoms with Gasteiger partial charge in [0, 0.05) is 5.56 Å². The lowest BCUT2D eigenvalue weighted by Gasteiger charge is -2.10. The molecule has 1 unspecified atom stereocenters. The monoisotopic (exact) mass is 235 g/mol. The molecule has 5 heteroatoms. The Bertz CT molecular complexity index is 430. The van der Waals surface area contributed by atoms with Gasteiger partial charge in [-0.1, -0.05) is 19.9 Å². The molecule has 4 N–H and O–H groups in total. The largest absolute Gasteiger partial charge is 0.507 e. The Morgan fingerprint density at radius 3 is 2.94 bits per heavy atom. The van der Waals surface area contributed by atoms with Crippen LogP contribution in [-0.4, -0.2) is 17.4 Å². The first-order valence-corrected chi connectivity index (χ1v) is 5.46. The Morgan fingerprint density at radius 1 is 1.65 bits per heavy atom. The van der Waals surface area contributed by atoms with Crippen molar-refractivity contribution in [2.24, 2.45) is 10.8 Å². The Labute approximate surface area is 100 Å². The quantitative estimate of drug-likeness (QED) is 0.549. The summed E-state index contributed by atoms with van der Waals surface area (Å²) in [6, 6.07) is 4.60. The molecule has 5 nitrogen and oxygen atoms in total. The second-order valence-electron chi connectivity index (χ2n) is 3.86. The predicted octanol–water partition coefficient (Wildman–Crippen LogP) is 1.91. The van der Waals surface area contributed by atoms with Gasteiger partial charge in [0.05, 0.1) is 6.21 Å². The number of hydrazone groups is 1. The molecule has 0 aliphatic rings. The van der Waals surface area contributed by atoms with Gasteiger partial charge in [-0.25, -0.2) is 10.2 Å². The maximum atomic E-state index is 10.4. The lowest BCUT2D eigenvalue weighted by molar-refractivity contribution is 0.249. The standard InChI is InChI=1S/C12H17N3O2/c1-3-8(2)9-4-5-11(16)10(6-9)7-14-15-12(13)17/h4-8,16H,3H2,1-2H3,(H3,13,15,17). The highest BCUT2D eigenvalue weighted by Gasteiger charge is 2.06. The van der Waals surface area contributed by atoms with E-state index < -0.39 is 6.03 Å². The number of primary amides is 1. The van der Waals surface area contributed by atoms with Crippen LogP contribution in [0.2, 0.25) is 0 Å². The Balaban J connectivity index is 2.90. The molecule has 1 rings (SSSR count). The third-order valence-corrected chi connectivity index (χ3v) is 2.61. The van der Waals surface area contributed by atoms with E-state index in [1.165, 1.54) is 6.21 Å². The molecule has 2 amide bonds. The first-order chi connectivity index (χ1) is 8.04. The molecule has 0 aromatic heterocycles. The molecule has 0 spiro atoms. The summed E-state index contributed by atoms with van der Waals surface area (Å²) in [7, 11) is 0. The molecule has 1 aromatic carbocycles. The van der Waals surface area contributed by atoms with Crippen LogP contribution in [0.5, 0.6) is 5.75 Å².